The standard InChI is InChI=1S/C17H16N4/c1-11-8-9-14(10-12(11)2)16-15(19-17(18)21-20-16)13-6-4-3-5-7-13/h3-10H,1-2H3,(H2,18,19,21). The molecule has 104 valence electrons. The second kappa shape index (κ2) is 5.32. The SMILES string of the molecule is Cc1ccc(-c2nnc(N)nc2-c2ccccc2)cc1C. The predicted molar refractivity (Wildman–Crippen MR) is 84.6 cm³/mol. The van der Waals surface area contributed by atoms with Crippen molar-refractivity contribution in [2.75, 3.05) is 5.73 Å². The van der Waals surface area contributed by atoms with Crippen LogP contribution in [0.4, 0.5) is 5.95 Å². The minimum Gasteiger partial charge on any atom is -0.366 e. The Hall–Kier alpha value is -2.75. The highest BCUT2D eigenvalue weighted by Crippen LogP contribution is 2.29. The van der Waals surface area contributed by atoms with Crippen LogP contribution in [0.3, 0.4) is 0 Å². The molecule has 4 nitrogen and oxygen atoms in total. The molecule has 1 heterocycles. The lowest BCUT2D eigenvalue weighted by molar-refractivity contribution is 0.997. The fraction of sp³-hybridized carbons (Fsp3) is 0.118. The Balaban J connectivity index is 2.21. The van der Waals surface area contributed by atoms with Gasteiger partial charge in [0.2, 0.25) is 5.95 Å². The maximum atomic E-state index is 5.71. The maximum absolute atomic E-state index is 5.71. The van der Waals surface area contributed by atoms with Gasteiger partial charge in [-0.25, -0.2) is 4.98 Å². The summed E-state index contributed by atoms with van der Waals surface area (Å²) in [6.07, 6.45) is 0. The second-order valence-corrected chi connectivity index (χ2v) is 5.03. The monoisotopic (exact) mass is 276 g/mol. The molecule has 0 fully saturated rings. The molecule has 0 atom stereocenters. The van der Waals surface area contributed by atoms with E-state index in [1.165, 1.54) is 11.1 Å². The fourth-order valence-electron chi connectivity index (χ4n) is 2.22. The maximum Gasteiger partial charge on any atom is 0.240 e. The quantitative estimate of drug-likeness (QED) is 0.779. The van der Waals surface area contributed by atoms with Gasteiger partial charge in [-0.05, 0) is 31.0 Å². The van der Waals surface area contributed by atoms with E-state index < -0.39 is 0 Å². The van der Waals surface area contributed by atoms with E-state index in [1.54, 1.807) is 0 Å². The minimum atomic E-state index is 0.182. The van der Waals surface area contributed by atoms with Crippen molar-refractivity contribution in [1.29, 1.82) is 0 Å². The molecular weight excluding hydrogens is 260 g/mol. The zero-order chi connectivity index (χ0) is 14.8. The van der Waals surface area contributed by atoms with Gasteiger partial charge in [0, 0.05) is 11.1 Å². The molecule has 0 amide bonds. The lowest BCUT2D eigenvalue weighted by atomic mass is 10.0. The molecule has 0 aliphatic carbocycles. The van der Waals surface area contributed by atoms with Gasteiger partial charge >= 0.3 is 0 Å². The van der Waals surface area contributed by atoms with E-state index in [2.05, 4.69) is 41.2 Å². The summed E-state index contributed by atoms with van der Waals surface area (Å²) in [5.41, 5.74) is 11.7. The Morgan fingerprint density at radius 3 is 2.24 bits per heavy atom. The van der Waals surface area contributed by atoms with Crippen LogP contribution >= 0.6 is 0 Å². The third kappa shape index (κ3) is 2.60. The Labute approximate surface area is 123 Å². The van der Waals surface area contributed by atoms with E-state index >= 15 is 0 Å². The largest absolute Gasteiger partial charge is 0.366 e. The van der Waals surface area contributed by atoms with Crippen LogP contribution < -0.4 is 5.73 Å². The first-order chi connectivity index (χ1) is 10.1. The van der Waals surface area contributed by atoms with Crippen molar-refractivity contribution in [2.24, 2.45) is 0 Å². The van der Waals surface area contributed by atoms with Crippen molar-refractivity contribution >= 4 is 5.95 Å². The van der Waals surface area contributed by atoms with Crippen molar-refractivity contribution in [2.45, 2.75) is 13.8 Å². The van der Waals surface area contributed by atoms with Crippen LogP contribution in [-0.4, -0.2) is 15.2 Å². The molecule has 0 saturated heterocycles. The number of nitrogens with zero attached hydrogens (tertiary/aromatic N) is 3. The molecule has 4 heteroatoms. The number of hydrogen-bond acceptors (Lipinski definition) is 4. The lowest BCUT2D eigenvalue weighted by Crippen LogP contribution is -2.02. The Kier molecular flexibility index (Phi) is 3.36. The average molecular weight is 276 g/mol. The van der Waals surface area contributed by atoms with Crippen molar-refractivity contribution in [3.05, 3.63) is 59.7 Å². The summed E-state index contributed by atoms with van der Waals surface area (Å²) in [6.45, 7) is 4.17. The molecule has 21 heavy (non-hydrogen) atoms. The average Bonchev–Trinajstić information content (AvgIpc) is 2.51. The van der Waals surface area contributed by atoms with Crippen LogP contribution in [0.5, 0.6) is 0 Å². The van der Waals surface area contributed by atoms with Gasteiger partial charge in [0.1, 0.15) is 11.4 Å². The van der Waals surface area contributed by atoms with Gasteiger partial charge in [-0.1, -0.05) is 42.5 Å². The summed E-state index contributed by atoms with van der Waals surface area (Å²) in [7, 11) is 0. The van der Waals surface area contributed by atoms with Crippen molar-refractivity contribution in [3.8, 4) is 22.5 Å². The third-order valence-corrected chi connectivity index (χ3v) is 3.53. The van der Waals surface area contributed by atoms with Crippen LogP contribution in [0.2, 0.25) is 0 Å². The van der Waals surface area contributed by atoms with E-state index in [-0.39, 0.29) is 5.95 Å². The number of nitrogen functional groups attached to an aromatic ring is 1. The number of aryl methyl sites for hydroxylation is 2. The first-order valence-electron chi connectivity index (χ1n) is 6.78. The molecule has 0 aliphatic heterocycles. The number of nitrogens with two attached hydrogens (primary N) is 1. The summed E-state index contributed by atoms with van der Waals surface area (Å²) in [5, 5.41) is 8.17. The highest BCUT2D eigenvalue weighted by atomic mass is 15.2. The molecule has 3 aromatic rings. The van der Waals surface area contributed by atoms with Gasteiger partial charge in [-0.2, -0.15) is 0 Å². The molecule has 0 unspecified atom stereocenters. The summed E-state index contributed by atoms with van der Waals surface area (Å²) >= 11 is 0. The second-order valence-electron chi connectivity index (χ2n) is 5.03. The summed E-state index contributed by atoms with van der Waals surface area (Å²) in [4.78, 5) is 4.38. The number of aromatic nitrogens is 3. The van der Waals surface area contributed by atoms with Gasteiger partial charge < -0.3 is 5.73 Å². The van der Waals surface area contributed by atoms with Crippen LogP contribution in [0, 0.1) is 13.8 Å². The number of rotatable bonds is 2. The van der Waals surface area contributed by atoms with Crippen LogP contribution in [0.15, 0.2) is 48.5 Å². The Bertz CT molecular complexity index is 782. The first kappa shape index (κ1) is 13.2. The number of anilines is 1. The van der Waals surface area contributed by atoms with E-state index in [0.29, 0.717) is 0 Å². The van der Waals surface area contributed by atoms with Gasteiger partial charge in [-0.15, -0.1) is 10.2 Å². The topological polar surface area (TPSA) is 64.7 Å². The third-order valence-electron chi connectivity index (χ3n) is 3.53. The van der Waals surface area contributed by atoms with Crippen molar-refractivity contribution in [3.63, 3.8) is 0 Å². The first-order valence-corrected chi connectivity index (χ1v) is 6.78. The zero-order valence-electron chi connectivity index (χ0n) is 12.0. The van der Waals surface area contributed by atoms with Crippen molar-refractivity contribution < 1.29 is 0 Å². The van der Waals surface area contributed by atoms with E-state index in [0.717, 1.165) is 22.5 Å². The van der Waals surface area contributed by atoms with E-state index in [9.17, 15) is 0 Å². The highest BCUT2D eigenvalue weighted by Gasteiger charge is 2.13. The Morgan fingerprint density at radius 1 is 0.762 bits per heavy atom. The van der Waals surface area contributed by atoms with Crippen molar-refractivity contribution in [1.82, 2.24) is 15.2 Å². The van der Waals surface area contributed by atoms with Crippen LogP contribution in [-0.2, 0) is 0 Å². The van der Waals surface area contributed by atoms with Crippen LogP contribution in [0.25, 0.3) is 22.5 Å². The van der Waals surface area contributed by atoms with Crippen LogP contribution in [0.1, 0.15) is 11.1 Å². The molecule has 0 saturated carbocycles. The smallest absolute Gasteiger partial charge is 0.240 e. The molecule has 0 radical (unpaired) electrons. The molecule has 0 aliphatic rings. The normalized spacial score (nSPS) is 10.6. The molecular formula is C17H16N4. The summed E-state index contributed by atoms with van der Waals surface area (Å²) in [6, 6.07) is 16.1. The molecule has 0 spiro atoms. The molecule has 2 aromatic carbocycles. The van der Waals surface area contributed by atoms with Gasteiger partial charge in [0.05, 0.1) is 0 Å². The zero-order valence-corrected chi connectivity index (χ0v) is 12.0. The summed E-state index contributed by atoms with van der Waals surface area (Å²) < 4.78 is 0. The molecule has 1 aromatic heterocycles. The minimum absolute atomic E-state index is 0.182. The number of hydrogen-bond donors (Lipinski definition) is 1. The lowest BCUT2D eigenvalue weighted by Gasteiger charge is -2.09. The molecule has 2 N–H and O–H groups in total. The van der Waals surface area contributed by atoms with E-state index in [4.69, 9.17) is 5.73 Å². The molecule has 3 rings (SSSR count). The van der Waals surface area contributed by atoms with Gasteiger partial charge in [0.25, 0.3) is 0 Å². The van der Waals surface area contributed by atoms with E-state index in [1.807, 2.05) is 36.4 Å². The van der Waals surface area contributed by atoms with Gasteiger partial charge in [0.15, 0.2) is 0 Å². The fourth-order valence-corrected chi connectivity index (χ4v) is 2.22. The number of benzene rings is 2. The highest BCUT2D eigenvalue weighted by molar-refractivity contribution is 5.78. The predicted octanol–water partition coefficient (Wildman–Crippen LogP) is 3.40. The van der Waals surface area contributed by atoms with Gasteiger partial charge in [-0.3, -0.25) is 0 Å². The molecule has 0 bridgehead atoms. The Morgan fingerprint density at radius 2 is 1.52 bits per heavy atom. The summed E-state index contributed by atoms with van der Waals surface area (Å²) in [5.74, 6) is 0.182.